The lowest BCUT2D eigenvalue weighted by atomic mass is 10.2. The van der Waals surface area contributed by atoms with Crippen molar-refractivity contribution in [2.45, 2.75) is 18.4 Å². The number of pyridine rings is 1. The van der Waals surface area contributed by atoms with Crippen LogP contribution in [0.3, 0.4) is 0 Å². The predicted molar refractivity (Wildman–Crippen MR) is 97.8 cm³/mol. The van der Waals surface area contributed by atoms with Gasteiger partial charge in [0.2, 0.25) is 20.0 Å². The summed E-state index contributed by atoms with van der Waals surface area (Å²) in [5.41, 5.74) is 1.38. The maximum absolute atomic E-state index is 12.3. The van der Waals surface area contributed by atoms with Crippen molar-refractivity contribution in [2.24, 2.45) is 0 Å². The Balaban J connectivity index is 1.92. The van der Waals surface area contributed by atoms with Crippen molar-refractivity contribution in [1.29, 1.82) is 0 Å². The second-order valence-electron chi connectivity index (χ2n) is 5.53. The second kappa shape index (κ2) is 8.58. The van der Waals surface area contributed by atoms with Crippen LogP contribution in [-0.2, 0) is 26.6 Å². The van der Waals surface area contributed by atoms with Crippen LogP contribution in [0.15, 0.2) is 47.6 Å². The lowest BCUT2D eigenvalue weighted by Crippen LogP contribution is -2.34. The number of sulfonamides is 2. The molecule has 0 radical (unpaired) electrons. The number of nitrogens with one attached hydrogen (secondary N) is 2. The molecule has 0 saturated heterocycles. The van der Waals surface area contributed by atoms with Crippen molar-refractivity contribution in [1.82, 2.24) is 14.4 Å². The molecule has 2 aromatic rings. The van der Waals surface area contributed by atoms with E-state index in [1.165, 1.54) is 19.2 Å². The minimum atomic E-state index is -3.81. The van der Waals surface area contributed by atoms with Gasteiger partial charge < -0.3 is 4.74 Å². The number of aryl methyl sites for hydroxylation is 1. The van der Waals surface area contributed by atoms with E-state index in [9.17, 15) is 16.8 Å². The van der Waals surface area contributed by atoms with Crippen LogP contribution in [0.5, 0.6) is 5.75 Å². The summed E-state index contributed by atoms with van der Waals surface area (Å²) in [6.45, 7) is 1.58. The maximum atomic E-state index is 12.3. The fourth-order valence-corrected chi connectivity index (χ4v) is 4.33. The smallest absolute Gasteiger partial charge is 0.240 e. The fourth-order valence-electron chi connectivity index (χ4n) is 2.18. The van der Waals surface area contributed by atoms with Crippen molar-refractivity contribution < 1.29 is 21.6 Å². The van der Waals surface area contributed by atoms with Crippen LogP contribution in [0, 0.1) is 6.92 Å². The standard InChI is InChI=1S/C16H21N3O5S2/c1-13-10-15(5-6-16(13)24-2)26(22,23)18-8-9-25(20,21)19-12-14-4-3-7-17-11-14/h3-7,10-11,18-19H,8-9,12H2,1-2H3. The summed E-state index contributed by atoms with van der Waals surface area (Å²) < 4.78 is 58.3. The molecule has 0 bridgehead atoms. The van der Waals surface area contributed by atoms with Gasteiger partial charge in [0, 0.05) is 25.5 Å². The molecular weight excluding hydrogens is 378 g/mol. The molecule has 0 aliphatic rings. The van der Waals surface area contributed by atoms with E-state index in [-0.39, 0.29) is 23.7 Å². The van der Waals surface area contributed by atoms with Gasteiger partial charge >= 0.3 is 0 Å². The average Bonchev–Trinajstić information content (AvgIpc) is 2.60. The molecule has 0 atom stereocenters. The zero-order valence-electron chi connectivity index (χ0n) is 14.5. The molecule has 1 heterocycles. The molecule has 8 nitrogen and oxygen atoms in total. The number of aromatic nitrogens is 1. The Morgan fingerprint density at radius 2 is 1.88 bits per heavy atom. The zero-order valence-corrected chi connectivity index (χ0v) is 16.1. The number of nitrogens with zero attached hydrogens (tertiary/aromatic N) is 1. The molecule has 0 saturated carbocycles. The maximum Gasteiger partial charge on any atom is 0.240 e. The van der Waals surface area contributed by atoms with E-state index in [0.29, 0.717) is 16.9 Å². The van der Waals surface area contributed by atoms with E-state index < -0.39 is 20.0 Å². The van der Waals surface area contributed by atoms with E-state index in [1.807, 2.05) is 0 Å². The summed E-state index contributed by atoms with van der Waals surface area (Å²) in [7, 11) is -5.93. The molecule has 2 N–H and O–H groups in total. The first-order valence-electron chi connectivity index (χ1n) is 7.74. The fraction of sp³-hybridized carbons (Fsp3) is 0.312. The minimum absolute atomic E-state index is 0.0523. The molecule has 0 unspecified atom stereocenters. The number of hydrogen-bond acceptors (Lipinski definition) is 6. The average molecular weight is 399 g/mol. The van der Waals surface area contributed by atoms with Crippen LogP contribution in [-0.4, -0.2) is 41.2 Å². The van der Waals surface area contributed by atoms with Crippen molar-refractivity contribution in [2.75, 3.05) is 19.4 Å². The van der Waals surface area contributed by atoms with Crippen molar-refractivity contribution in [3.05, 3.63) is 53.9 Å². The second-order valence-corrected chi connectivity index (χ2v) is 9.22. The quantitative estimate of drug-likeness (QED) is 0.644. The summed E-state index contributed by atoms with van der Waals surface area (Å²) in [6.07, 6.45) is 3.14. The van der Waals surface area contributed by atoms with E-state index in [4.69, 9.17) is 4.74 Å². The van der Waals surface area contributed by atoms with Gasteiger partial charge in [0.05, 0.1) is 17.8 Å². The monoisotopic (exact) mass is 399 g/mol. The molecule has 2 rings (SSSR count). The van der Waals surface area contributed by atoms with Gasteiger partial charge in [-0.2, -0.15) is 0 Å². The minimum Gasteiger partial charge on any atom is -0.496 e. The van der Waals surface area contributed by atoms with Gasteiger partial charge in [-0.1, -0.05) is 6.07 Å². The number of methoxy groups -OCH3 is 1. The van der Waals surface area contributed by atoms with Gasteiger partial charge in [-0.05, 0) is 42.3 Å². The molecule has 0 aliphatic carbocycles. The number of benzene rings is 1. The van der Waals surface area contributed by atoms with E-state index >= 15 is 0 Å². The number of ether oxygens (including phenoxy) is 1. The lowest BCUT2D eigenvalue weighted by Gasteiger charge is -2.10. The van der Waals surface area contributed by atoms with Crippen molar-refractivity contribution >= 4 is 20.0 Å². The third-order valence-electron chi connectivity index (χ3n) is 3.56. The molecule has 0 spiro atoms. The topological polar surface area (TPSA) is 114 Å². The highest BCUT2D eigenvalue weighted by atomic mass is 32.2. The van der Waals surface area contributed by atoms with E-state index in [1.54, 1.807) is 37.5 Å². The highest BCUT2D eigenvalue weighted by Crippen LogP contribution is 2.21. The molecule has 26 heavy (non-hydrogen) atoms. The summed E-state index contributed by atoms with van der Waals surface area (Å²) in [5.74, 6) is 0.202. The van der Waals surface area contributed by atoms with Crippen LogP contribution in [0.25, 0.3) is 0 Å². The van der Waals surface area contributed by atoms with Crippen molar-refractivity contribution in [3.63, 3.8) is 0 Å². The van der Waals surface area contributed by atoms with Gasteiger partial charge in [0.1, 0.15) is 5.75 Å². The first-order chi connectivity index (χ1) is 12.2. The molecule has 10 heteroatoms. The Bertz CT molecular complexity index is 945. The van der Waals surface area contributed by atoms with Gasteiger partial charge in [-0.3, -0.25) is 4.98 Å². The Kier molecular flexibility index (Phi) is 6.70. The zero-order chi connectivity index (χ0) is 19.2. The van der Waals surface area contributed by atoms with Crippen molar-refractivity contribution in [3.8, 4) is 5.75 Å². The van der Waals surface area contributed by atoms with Crippen LogP contribution in [0.4, 0.5) is 0 Å². The Morgan fingerprint density at radius 1 is 1.12 bits per heavy atom. The Hall–Kier alpha value is -2.01. The summed E-state index contributed by atoms with van der Waals surface area (Å²) in [5, 5.41) is 0. The summed E-state index contributed by atoms with van der Waals surface area (Å²) in [4.78, 5) is 3.95. The highest BCUT2D eigenvalue weighted by Gasteiger charge is 2.17. The largest absolute Gasteiger partial charge is 0.496 e. The van der Waals surface area contributed by atoms with Crippen LogP contribution >= 0.6 is 0 Å². The van der Waals surface area contributed by atoms with Crippen LogP contribution < -0.4 is 14.2 Å². The third-order valence-corrected chi connectivity index (χ3v) is 6.34. The lowest BCUT2D eigenvalue weighted by molar-refractivity contribution is 0.411. The SMILES string of the molecule is COc1ccc(S(=O)(=O)NCCS(=O)(=O)NCc2cccnc2)cc1C. The molecule has 1 aromatic heterocycles. The molecular formula is C16H21N3O5S2. The Morgan fingerprint density at radius 3 is 2.50 bits per heavy atom. The van der Waals surface area contributed by atoms with Gasteiger partial charge in [0.15, 0.2) is 0 Å². The molecule has 0 amide bonds. The Labute approximate surface area is 153 Å². The molecule has 0 aliphatic heterocycles. The number of hydrogen-bond donors (Lipinski definition) is 2. The summed E-state index contributed by atoms with van der Waals surface area (Å²) in [6, 6.07) is 7.87. The van der Waals surface area contributed by atoms with Crippen LogP contribution in [0.1, 0.15) is 11.1 Å². The first kappa shape index (κ1) is 20.3. The number of rotatable bonds is 9. The predicted octanol–water partition coefficient (Wildman–Crippen LogP) is 0.797. The van der Waals surface area contributed by atoms with Crippen LogP contribution in [0.2, 0.25) is 0 Å². The van der Waals surface area contributed by atoms with Gasteiger partial charge in [-0.25, -0.2) is 26.3 Å². The normalized spacial score (nSPS) is 12.1. The highest BCUT2D eigenvalue weighted by molar-refractivity contribution is 7.90. The molecule has 142 valence electrons. The first-order valence-corrected chi connectivity index (χ1v) is 10.9. The van der Waals surface area contributed by atoms with Gasteiger partial charge in [0.25, 0.3) is 0 Å². The molecule has 0 fully saturated rings. The molecule has 1 aromatic carbocycles. The van der Waals surface area contributed by atoms with Gasteiger partial charge in [-0.15, -0.1) is 0 Å². The third kappa shape index (κ3) is 5.77. The van der Waals surface area contributed by atoms with E-state index in [2.05, 4.69) is 14.4 Å². The summed E-state index contributed by atoms with van der Waals surface area (Å²) >= 11 is 0. The van der Waals surface area contributed by atoms with E-state index in [0.717, 1.165) is 0 Å².